The number of halogens is 1. The maximum atomic E-state index is 13.5. The molecular formula is C35H48ClN9O6. The van der Waals surface area contributed by atoms with Crippen molar-refractivity contribution in [2.45, 2.75) is 52.0 Å². The molecule has 0 atom stereocenters. The molecule has 1 saturated heterocycles. The van der Waals surface area contributed by atoms with E-state index in [9.17, 15) is 19.2 Å². The Hall–Kier alpha value is -4.18. The number of pyridine rings is 2. The summed E-state index contributed by atoms with van der Waals surface area (Å²) >= 11 is 5.41. The van der Waals surface area contributed by atoms with Crippen molar-refractivity contribution >= 4 is 57.7 Å². The van der Waals surface area contributed by atoms with Crippen LogP contribution in [0.15, 0.2) is 29.3 Å². The van der Waals surface area contributed by atoms with Crippen LogP contribution in [0.1, 0.15) is 61.0 Å². The number of Topliss-reactive ketones (excluding diaryl/α,β-unsaturated/α-hetero) is 1. The summed E-state index contributed by atoms with van der Waals surface area (Å²) in [5.41, 5.74) is 2.08. The number of rotatable bonds is 18. The highest BCUT2D eigenvalue weighted by molar-refractivity contribution is 6.27. The van der Waals surface area contributed by atoms with Crippen molar-refractivity contribution in [3.05, 3.63) is 46.0 Å². The Bertz CT molecular complexity index is 1710. The monoisotopic (exact) mass is 725 g/mol. The lowest BCUT2D eigenvalue weighted by Gasteiger charge is -2.35. The van der Waals surface area contributed by atoms with Gasteiger partial charge in [0.15, 0.2) is 5.78 Å². The minimum atomic E-state index is -0.278. The van der Waals surface area contributed by atoms with Gasteiger partial charge in [-0.25, -0.2) is 9.97 Å². The van der Waals surface area contributed by atoms with E-state index >= 15 is 0 Å². The fraction of sp³-hybridized carbons (Fsp3) is 0.571. The molecule has 0 spiro atoms. The van der Waals surface area contributed by atoms with Gasteiger partial charge in [-0.15, -0.1) is 11.6 Å². The molecule has 0 aromatic carbocycles. The molecule has 0 bridgehead atoms. The van der Waals surface area contributed by atoms with Gasteiger partial charge in [0.1, 0.15) is 17.3 Å². The third-order valence-electron chi connectivity index (χ3n) is 9.26. The van der Waals surface area contributed by atoms with Gasteiger partial charge < -0.3 is 30.3 Å². The number of fused-ring (bicyclic) bond motifs is 1. The Morgan fingerprint density at radius 3 is 2.24 bits per heavy atom. The molecule has 5 rings (SSSR count). The minimum absolute atomic E-state index is 0.00670. The summed E-state index contributed by atoms with van der Waals surface area (Å²) in [6.07, 6.45) is 7.76. The smallest absolute Gasteiger partial charge is 0.263 e. The Morgan fingerprint density at radius 2 is 1.61 bits per heavy atom. The molecule has 15 nitrogen and oxygen atoms in total. The maximum absolute atomic E-state index is 13.5. The lowest BCUT2D eigenvalue weighted by Crippen LogP contribution is -2.47. The predicted octanol–water partition coefficient (Wildman–Crippen LogP) is 2.57. The molecule has 2 aliphatic rings. The van der Waals surface area contributed by atoms with E-state index in [2.05, 4.69) is 35.7 Å². The molecular weight excluding hydrogens is 678 g/mol. The van der Waals surface area contributed by atoms with E-state index in [4.69, 9.17) is 26.1 Å². The number of aromatic nitrogens is 4. The zero-order valence-corrected chi connectivity index (χ0v) is 30.2. The first-order valence-corrected chi connectivity index (χ1v) is 18.2. The second-order valence-electron chi connectivity index (χ2n) is 12.8. The molecule has 16 heteroatoms. The average Bonchev–Trinajstić information content (AvgIpc) is 3.66. The number of hydrogen-bond acceptors (Lipinski definition) is 12. The Kier molecular flexibility index (Phi) is 14.1. The molecule has 2 amide bonds. The van der Waals surface area contributed by atoms with Crippen LogP contribution in [0.5, 0.6) is 0 Å². The lowest BCUT2D eigenvalue weighted by molar-refractivity contribution is -0.122. The zero-order valence-electron chi connectivity index (χ0n) is 29.4. The average molecular weight is 726 g/mol. The Balaban J connectivity index is 1.03. The summed E-state index contributed by atoms with van der Waals surface area (Å²) in [5, 5.41) is 9.39. The van der Waals surface area contributed by atoms with Gasteiger partial charge in [-0.05, 0) is 44.4 Å². The van der Waals surface area contributed by atoms with Crippen LogP contribution in [-0.4, -0.2) is 120 Å². The summed E-state index contributed by atoms with van der Waals surface area (Å²) in [6.45, 7) is 9.66. The van der Waals surface area contributed by atoms with Crippen molar-refractivity contribution in [3.63, 3.8) is 0 Å². The molecule has 2 fully saturated rings. The van der Waals surface area contributed by atoms with Crippen LogP contribution in [0.3, 0.4) is 0 Å². The maximum Gasteiger partial charge on any atom is 0.263 e. The van der Waals surface area contributed by atoms with Gasteiger partial charge >= 0.3 is 0 Å². The molecule has 51 heavy (non-hydrogen) atoms. The first kappa shape index (κ1) is 38.1. The minimum Gasteiger partial charge on any atom is -0.377 e. The van der Waals surface area contributed by atoms with Gasteiger partial charge in [0, 0.05) is 69.9 Å². The van der Waals surface area contributed by atoms with Gasteiger partial charge in [0.25, 0.3) is 5.56 Å². The number of piperazine rings is 1. The summed E-state index contributed by atoms with van der Waals surface area (Å²) < 4.78 is 12.5. The second-order valence-corrected chi connectivity index (χ2v) is 13.0. The van der Waals surface area contributed by atoms with E-state index in [1.54, 1.807) is 17.7 Å². The molecule has 276 valence electrons. The number of aryl methyl sites for hydroxylation is 1. The molecule has 0 radical (unpaired) electrons. The van der Waals surface area contributed by atoms with E-state index in [1.807, 2.05) is 18.3 Å². The number of ketones is 1. The quantitative estimate of drug-likeness (QED) is 0.0996. The zero-order chi connectivity index (χ0) is 36.2. The number of hydrogen-bond donors (Lipinski definition) is 3. The summed E-state index contributed by atoms with van der Waals surface area (Å²) in [4.78, 5) is 67.7. The van der Waals surface area contributed by atoms with Crippen LogP contribution in [0.25, 0.3) is 11.0 Å². The van der Waals surface area contributed by atoms with Crippen LogP contribution < -0.4 is 26.4 Å². The van der Waals surface area contributed by atoms with Gasteiger partial charge in [-0.1, -0.05) is 12.8 Å². The van der Waals surface area contributed by atoms with Gasteiger partial charge in [-0.3, -0.25) is 28.6 Å². The first-order valence-electron chi connectivity index (χ1n) is 17.6. The van der Waals surface area contributed by atoms with Crippen LogP contribution in [0.4, 0.5) is 17.5 Å². The number of anilines is 3. The number of nitrogens with zero attached hydrogens (tertiary/aromatic N) is 6. The van der Waals surface area contributed by atoms with Crippen molar-refractivity contribution in [1.82, 2.24) is 35.1 Å². The van der Waals surface area contributed by atoms with E-state index in [-0.39, 0.29) is 40.6 Å². The van der Waals surface area contributed by atoms with E-state index < -0.39 is 0 Å². The largest absolute Gasteiger partial charge is 0.377 e. The fourth-order valence-electron chi connectivity index (χ4n) is 6.54. The normalized spacial score (nSPS) is 15.3. The van der Waals surface area contributed by atoms with Crippen LogP contribution in [-0.2, 0) is 19.1 Å². The van der Waals surface area contributed by atoms with E-state index in [1.165, 1.54) is 6.92 Å². The number of carbonyl (C=O) groups excluding carboxylic acids is 3. The second kappa shape index (κ2) is 18.9. The Morgan fingerprint density at radius 1 is 0.922 bits per heavy atom. The van der Waals surface area contributed by atoms with Crippen LogP contribution >= 0.6 is 11.6 Å². The highest BCUT2D eigenvalue weighted by atomic mass is 35.5. The summed E-state index contributed by atoms with van der Waals surface area (Å²) in [7, 11) is 0. The van der Waals surface area contributed by atoms with Crippen molar-refractivity contribution in [2.75, 3.05) is 88.3 Å². The topological polar surface area (TPSA) is 173 Å². The van der Waals surface area contributed by atoms with E-state index in [0.717, 1.165) is 57.5 Å². The fourth-order valence-corrected chi connectivity index (χ4v) is 6.64. The van der Waals surface area contributed by atoms with Gasteiger partial charge in [0.05, 0.1) is 43.9 Å². The van der Waals surface area contributed by atoms with Crippen molar-refractivity contribution < 1.29 is 23.9 Å². The molecule has 1 aliphatic heterocycles. The number of carbonyl (C=O) groups is 3. The summed E-state index contributed by atoms with van der Waals surface area (Å²) in [5.74, 6) is 0.374. The highest BCUT2D eigenvalue weighted by Gasteiger charge is 2.26. The molecule has 1 aliphatic carbocycles. The molecule has 1 saturated carbocycles. The standard InChI is InChI=1S/C35H48ClN9O6/c1-24-28-23-40-35(42-33(28)45(26-5-3-4-6-26)34(49)32(24)25(2)46)41-29-8-7-27(22-39-29)44-15-13-43(14-16-44)12-9-30(47)37-10-17-50-19-20-51-18-11-38-31(48)21-36/h7-8,22-23,26H,3-6,9-21H2,1-2H3,(H,37,47)(H,38,48)(H,39,40,41,42). The summed E-state index contributed by atoms with van der Waals surface area (Å²) in [6, 6.07) is 3.90. The van der Waals surface area contributed by atoms with Crippen molar-refractivity contribution in [1.29, 1.82) is 0 Å². The lowest BCUT2D eigenvalue weighted by atomic mass is 10.0. The molecule has 3 N–H and O–H groups in total. The SMILES string of the molecule is CC(=O)c1c(C)c2cnc(Nc3ccc(N4CCN(CCC(=O)NCCOCCOCCNC(=O)CCl)CC4)cn3)nc2n(C2CCCC2)c1=O. The highest BCUT2D eigenvalue weighted by Crippen LogP contribution is 2.32. The molecule has 3 aromatic heterocycles. The van der Waals surface area contributed by atoms with Gasteiger partial charge in [0.2, 0.25) is 17.8 Å². The van der Waals surface area contributed by atoms with Crippen LogP contribution in [0, 0.1) is 6.92 Å². The predicted molar refractivity (Wildman–Crippen MR) is 195 cm³/mol. The number of ether oxygens (including phenoxy) is 2. The molecule has 4 heterocycles. The number of nitrogens with one attached hydrogen (secondary N) is 3. The molecule has 3 aromatic rings. The van der Waals surface area contributed by atoms with Gasteiger partial charge in [-0.2, -0.15) is 4.98 Å². The third kappa shape index (κ3) is 10.4. The number of alkyl halides is 1. The van der Waals surface area contributed by atoms with Crippen LogP contribution in [0.2, 0.25) is 0 Å². The van der Waals surface area contributed by atoms with E-state index in [0.29, 0.717) is 80.8 Å². The third-order valence-corrected chi connectivity index (χ3v) is 9.50. The van der Waals surface area contributed by atoms with Crippen molar-refractivity contribution in [2.24, 2.45) is 0 Å². The number of amides is 2. The molecule has 0 unspecified atom stereocenters. The Labute approximate surface area is 302 Å². The first-order chi connectivity index (χ1) is 24.7. The van der Waals surface area contributed by atoms with Crippen molar-refractivity contribution in [3.8, 4) is 0 Å².